The van der Waals surface area contributed by atoms with Crippen molar-refractivity contribution >= 4 is 71.7 Å². The minimum Gasteiger partial charge on any atom is -0.456 e. The largest absolute Gasteiger partial charge is 0.456 e. The first-order valence-corrected chi connectivity index (χ1v) is 12.4. The fraction of sp³-hybridized carbons (Fsp3) is 0. The van der Waals surface area contributed by atoms with E-state index in [1.807, 2.05) is 24.3 Å². The molecule has 2 aromatic heterocycles. The monoisotopic (exact) mass is 475 g/mol. The van der Waals surface area contributed by atoms with Gasteiger partial charge in [-0.1, -0.05) is 78.9 Å². The topological polar surface area (TPSA) is 29.5 Å². The van der Waals surface area contributed by atoms with Crippen LogP contribution in [0, 0.1) is 0 Å². The predicted molar refractivity (Wildman–Crippen MR) is 153 cm³/mol. The van der Waals surface area contributed by atoms with E-state index in [-0.39, 0.29) is 0 Å². The van der Waals surface area contributed by atoms with Crippen LogP contribution in [0.4, 0.5) is 17.1 Å². The van der Waals surface area contributed by atoms with Gasteiger partial charge in [0, 0.05) is 21.8 Å². The van der Waals surface area contributed by atoms with E-state index >= 15 is 0 Å². The second kappa shape index (κ2) is 7.74. The van der Waals surface area contributed by atoms with Gasteiger partial charge in [-0.2, -0.15) is 0 Å². The van der Waals surface area contributed by atoms with Crippen LogP contribution < -0.4 is 4.90 Å². The molecule has 0 spiro atoms. The van der Waals surface area contributed by atoms with E-state index in [1.165, 1.54) is 10.8 Å². The molecule has 3 nitrogen and oxygen atoms in total. The van der Waals surface area contributed by atoms with Crippen molar-refractivity contribution in [2.75, 3.05) is 4.90 Å². The number of hydrogen-bond acceptors (Lipinski definition) is 3. The third-order valence-corrected chi connectivity index (χ3v) is 7.22. The molecule has 0 fully saturated rings. The molecule has 0 radical (unpaired) electrons. The van der Waals surface area contributed by atoms with E-state index in [2.05, 4.69) is 108 Å². The fourth-order valence-corrected chi connectivity index (χ4v) is 5.57. The molecule has 0 bridgehead atoms. The Balaban J connectivity index is 1.47. The minimum absolute atomic E-state index is 0.862. The average molecular weight is 476 g/mol. The average Bonchev–Trinajstić information content (AvgIpc) is 3.51. The zero-order valence-electron chi connectivity index (χ0n) is 19.9. The van der Waals surface area contributed by atoms with E-state index < -0.39 is 0 Å². The Labute approximate surface area is 212 Å². The molecule has 0 N–H and O–H groups in total. The molecule has 0 atom stereocenters. The fourth-order valence-electron chi connectivity index (χ4n) is 5.57. The first-order valence-electron chi connectivity index (χ1n) is 12.4. The van der Waals surface area contributed by atoms with E-state index in [4.69, 9.17) is 8.83 Å². The maximum absolute atomic E-state index is 6.63. The highest BCUT2D eigenvalue weighted by atomic mass is 16.3. The lowest BCUT2D eigenvalue weighted by molar-refractivity contribution is 0.668. The zero-order valence-corrected chi connectivity index (χ0v) is 19.9. The maximum Gasteiger partial charge on any atom is 0.159 e. The van der Waals surface area contributed by atoms with Gasteiger partial charge in [-0.15, -0.1) is 0 Å². The number of anilines is 3. The molecule has 174 valence electrons. The number of fused-ring (bicyclic) bond motifs is 7. The number of hydrogen-bond donors (Lipinski definition) is 0. The lowest BCUT2D eigenvalue weighted by Gasteiger charge is -2.26. The summed E-state index contributed by atoms with van der Waals surface area (Å²) in [4.78, 5) is 2.29. The molecular weight excluding hydrogens is 454 g/mol. The van der Waals surface area contributed by atoms with Gasteiger partial charge in [-0.3, -0.25) is 0 Å². The van der Waals surface area contributed by atoms with E-state index in [0.717, 1.165) is 60.9 Å². The standard InChI is InChI=1S/C34H21NO2/c1-2-12-24(13-3-1)35(28-16-9-19-31-33(28)26-14-6-7-18-30(26)36-31)29-17-8-15-25-27-20-22-10-4-5-11-23(22)21-32(27)37-34(25)29/h1-21H. The molecule has 0 aliphatic heterocycles. The van der Waals surface area contributed by atoms with Gasteiger partial charge in [-0.25, -0.2) is 0 Å². The van der Waals surface area contributed by atoms with E-state index in [1.54, 1.807) is 0 Å². The van der Waals surface area contributed by atoms with Crippen molar-refractivity contribution in [3.63, 3.8) is 0 Å². The van der Waals surface area contributed by atoms with Crippen molar-refractivity contribution in [3.8, 4) is 0 Å². The van der Waals surface area contributed by atoms with Gasteiger partial charge in [0.1, 0.15) is 16.7 Å². The van der Waals surface area contributed by atoms with Crippen LogP contribution in [0.5, 0.6) is 0 Å². The summed E-state index contributed by atoms with van der Waals surface area (Å²) >= 11 is 0. The number of nitrogens with zero attached hydrogens (tertiary/aromatic N) is 1. The van der Waals surface area contributed by atoms with E-state index in [0.29, 0.717) is 0 Å². The van der Waals surface area contributed by atoms with Gasteiger partial charge in [-0.05, 0) is 59.3 Å². The zero-order chi connectivity index (χ0) is 24.3. The lowest BCUT2D eigenvalue weighted by atomic mass is 10.0. The van der Waals surface area contributed by atoms with Gasteiger partial charge < -0.3 is 13.7 Å². The van der Waals surface area contributed by atoms with Gasteiger partial charge in [0.25, 0.3) is 0 Å². The summed E-state index contributed by atoms with van der Waals surface area (Å²) in [6.45, 7) is 0. The van der Waals surface area contributed by atoms with Gasteiger partial charge in [0.05, 0.1) is 16.8 Å². The first kappa shape index (κ1) is 20.2. The summed E-state index contributed by atoms with van der Waals surface area (Å²) in [7, 11) is 0. The van der Waals surface area contributed by atoms with Crippen LogP contribution >= 0.6 is 0 Å². The second-order valence-electron chi connectivity index (χ2n) is 9.37. The molecule has 0 aliphatic rings. The number of benzene rings is 6. The number of furan rings is 2. The molecule has 0 amide bonds. The van der Waals surface area contributed by atoms with Crippen LogP contribution in [0.25, 0.3) is 54.6 Å². The van der Waals surface area contributed by atoms with Crippen molar-refractivity contribution in [3.05, 3.63) is 127 Å². The molecule has 37 heavy (non-hydrogen) atoms. The summed E-state index contributed by atoms with van der Waals surface area (Å²) < 4.78 is 12.9. The summed E-state index contributed by atoms with van der Waals surface area (Å²) in [5, 5.41) is 6.78. The van der Waals surface area contributed by atoms with Gasteiger partial charge >= 0.3 is 0 Å². The van der Waals surface area contributed by atoms with Crippen LogP contribution in [0.3, 0.4) is 0 Å². The molecule has 0 aliphatic carbocycles. The smallest absolute Gasteiger partial charge is 0.159 e. The summed E-state index contributed by atoms with van der Waals surface area (Å²) in [6.07, 6.45) is 0. The van der Waals surface area contributed by atoms with Crippen molar-refractivity contribution in [2.45, 2.75) is 0 Å². The highest BCUT2D eigenvalue weighted by Gasteiger charge is 2.22. The molecule has 6 aromatic carbocycles. The quantitative estimate of drug-likeness (QED) is 0.255. The Morgan fingerprint density at radius 3 is 2.00 bits per heavy atom. The van der Waals surface area contributed by atoms with E-state index in [9.17, 15) is 0 Å². The highest BCUT2D eigenvalue weighted by molar-refractivity contribution is 6.17. The maximum atomic E-state index is 6.63. The third-order valence-electron chi connectivity index (χ3n) is 7.22. The summed E-state index contributed by atoms with van der Waals surface area (Å²) in [5.74, 6) is 0. The summed E-state index contributed by atoms with van der Waals surface area (Å²) in [6, 6.07) is 44.1. The van der Waals surface area contributed by atoms with Crippen molar-refractivity contribution in [2.24, 2.45) is 0 Å². The number of para-hydroxylation sites is 3. The SMILES string of the molecule is c1ccc(N(c2cccc3c2oc2cc4ccccc4cc23)c2cccc3oc4ccccc4c23)cc1. The molecular formula is C34H21NO2. The molecule has 0 unspecified atom stereocenters. The van der Waals surface area contributed by atoms with Crippen LogP contribution in [-0.2, 0) is 0 Å². The number of rotatable bonds is 3. The Bertz CT molecular complexity index is 2100. The molecule has 0 saturated heterocycles. The van der Waals surface area contributed by atoms with Crippen LogP contribution in [0.2, 0.25) is 0 Å². The summed E-state index contributed by atoms with van der Waals surface area (Å²) in [5.41, 5.74) is 6.59. The Morgan fingerprint density at radius 1 is 0.432 bits per heavy atom. The molecule has 8 rings (SSSR count). The van der Waals surface area contributed by atoms with Crippen LogP contribution in [0.1, 0.15) is 0 Å². The Morgan fingerprint density at radius 2 is 1.11 bits per heavy atom. The molecule has 3 heteroatoms. The minimum atomic E-state index is 0.862. The normalized spacial score (nSPS) is 11.8. The van der Waals surface area contributed by atoms with Crippen molar-refractivity contribution in [1.82, 2.24) is 0 Å². The second-order valence-corrected chi connectivity index (χ2v) is 9.37. The molecule has 2 heterocycles. The highest BCUT2D eigenvalue weighted by Crippen LogP contribution is 2.46. The lowest BCUT2D eigenvalue weighted by Crippen LogP contribution is -2.10. The van der Waals surface area contributed by atoms with Crippen molar-refractivity contribution < 1.29 is 8.83 Å². The van der Waals surface area contributed by atoms with Crippen molar-refractivity contribution in [1.29, 1.82) is 0 Å². The van der Waals surface area contributed by atoms with Crippen LogP contribution in [0.15, 0.2) is 136 Å². The van der Waals surface area contributed by atoms with Gasteiger partial charge in [0.15, 0.2) is 5.58 Å². The third kappa shape index (κ3) is 3.01. The molecule has 8 aromatic rings. The molecule has 0 saturated carbocycles. The Kier molecular flexibility index (Phi) is 4.23. The first-order chi connectivity index (χ1) is 18.3. The Hall–Kier alpha value is -5.02. The van der Waals surface area contributed by atoms with Crippen LogP contribution in [-0.4, -0.2) is 0 Å². The van der Waals surface area contributed by atoms with Gasteiger partial charge in [0.2, 0.25) is 0 Å². The predicted octanol–water partition coefficient (Wildman–Crippen LogP) is 10.1.